The Labute approximate surface area is 356 Å². The highest BCUT2D eigenvalue weighted by Crippen LogP contribution is 2.13. The van der Waals surface area contributed by atoms with E-state index >= 15 is 0 Å². The molecule has 58 heavy (non-hydrogen) atoms. The van der Waals surface area contributed by atoms with Gasteiger partial charge < -0.3 is 14.2 Å². The predicted molar refractivity (Wildman–Crippen MR) is 247 cm³/mol. The van der Waals surface area contributed by atoms with Crippen LogP contribution in [0.2, 0.25) is 0 Å². The number of rotatable bonds is 40. The normalized spacial score (nSPS) is 12.9. The fraction of sp³-hybridized carbons (Fsp3) is 0.635. The third kappa shape index (κ3) is 43.5. The Kier molecular flexibility index (Phi) is 43.1. The summed E-state index contributed by atoms with van der Waals surface area (Å²) in [6.45, 7) is 6.36. The van der Waals surface area contributed by atoms with Crippen LogP contribution >= 0.6 is 0 Å². The minimum atomic E-state index is -0.805. The van der Waals surface area contributed by atoms with E-state index in [0.29, 0.717) is 19.3 Å². The molecular formula is C52H84O6. The molecule has 0 aliphatic rings. The Balaban J connectivity index is 4.47. The first-order chi connectivity index (χ1) is 28.5. The number of carbonyl (C=O) groups is 3. The van der Waals surface area contributed by atoms with Gasteiger partial charge in [-0.3, -0.25) is 14.4 Å². The molecule has 0 aromatic heterocycles. The van der Waals surface area contributed by atoms with Crippen LogP contribution in [0.15, 0.2) is 97.2 Å². The summed E-state index contributed by atoms with van der Waals surface area (Å²) >= 11 is 0. The van der Waals surface area contributed by atoms with Crippen LogP contribution in [0, 0.1) is 0 Å². The molecule has 6 heteroatoms. The van der Waals surface area contributed by atoms with E-state index in [1.807, 2.05) is 36.5 Å². The standard InChI is InChI=1S/C52H84O6/c1-4-7-10-13-16-19-21-23-24-25-26-27-29-30-33-36-39-42-45-51(54)57-48-49(47-56-50(53)44-41-38-35-32-18-15-12-9-6-3)58-52(55)46-43-40-37-34-31-28-22-20-17-14-11-8-5-2/h8,11,14,16-17,19-28,31,49H,4-7,9-10,12-13,15,18,29-30,32-48H2,1-3H3/b11-8-,17-14-,19-16-,22-20-,23-21-,25-24-,27-26-,31-28-. The van der Waals surface area contributed by atoms with Gasteiger partial charge >= 0.3 is 17.9 Å². The summed E-state index contributed by atoms with van der Waals surface area (Å²) in [7, 11) is 0. The maximum absolute atomic E-state index is 12.7. The zero-order valence-electron chi connectivity index (χ0n) is 37.3. The monoisotopic (exact) mass is 805 g/mol. The zero-order chi connectivity index (χ0) is 42.3. The third-order valence-electron chi connectivity index (χ3n) is 9.51. The van der Waals surface area contributed by atoms with Crippen molar-refractivity contribution >= 4 is 17.9 Å². The first kappa shape index (κ1) is 54.3. The summed E-state index contributed by atoms with van der Waals surface area (Å²) in [5.74, 6) is -0.977. The van der Waals surface area contributed by atoms with Crippen molar-refractivity contribution in [2.45, 2.75) is 200 Å². The summed E-state index contributed by atoms with van der Waals surface area (Å²) in [5, 5.41) is 0. The van der Waals surface area contributed by atoms with Gasteiger partial charge in [0.1, 0.15) is 13.2 Å². The number of ether oxygens (including phenoxy) is 3. The van der Waals surface area contributed by atoms with Crippen LogP contribution in [-0.4, -0.2) is 37.2 Å². The molecule has 1 unspecified atom stereocenters. The summed E-state index contributed by atoms with van der Waals surface area (Å²) in [5.41, 5.74) is 0. The van der Waals surface area contributed by atoms with Crippen molar-refractivity contribution in [1.82, 2.24) is 0 Å². The van der Waals surface area contributed by atoms with E-state index < -0.39 is 6.10 Å². The lowest BCUT2D eigenvalue weighted by Crippen LogP contribution is -2.30. The van der Waals surface area contributed by atoms with Gasteiger partial charge in [-0.15, -0.1) is 0 Å². The second kappa shape index (κ2) is 46.0. The van der Waals surface area contributed by atoms with Gasteiger partial charge in [-0.25, -0.2) is 0 Å². The Morgan fingerprint density at radius 3 is 1.10 bits per heavy atom. The first-order valence-corrected chi connectivity index (χ1v) is 23.3. The van der Waals surface area contributed by atoms with Crippen LogP contribution in [-0.2, 0) is 28.6 Å². The Hall–Kier alpha value is -3.67. The molecule has 0 aliphatic carbocycles. The molecule has 0 aromatic rings. The van der Waals surface area contributed by atoms with E-state index in [0.717, 1.165) is 89.9 Å². The number of unbranched alkanes of at least 4 members (excludes halogenated alkanes) is 19. The van der Waals surface area contributed by atoms with Gasteiger partial charge in [-0.05, 0) is 64.2 Å². The van der Waals surface area contributed by atoms with E-state index in [1.165, 1.54) is 57.8 Å². The van der Waals surface area contributed by atoms with Crippen LogP contribution < -0.4 is 0 Å². The number of hydrogen-bond acceptors (Lipinski definition) is 6. The number of esters is 3. The molecule has 0 aliphatic heterocycles. The molecule has 0 bridgehead atoms. The smallest absolute Gasteiger partial charge is 0.306 e. The number of carbonyl (C=O) groups excluding carboxylic acids is 3. The van der Waals surface area contributed by atoms with Crippen molar-refractivity contribution < 1.29 is 28.6 Å². The topological polar surface area (TPSA) is 78.9 Å². The number of allylic oxidation sites excluding steroid dienone is 16. The molecule has 0 spiro atoms. The van der Waals surface area contributed by atoms with Gasteiger partial charge in [0.15, 0.2) is 6.10 Å². The summed E-state index contributed by atoms with van der Waals surface area (Å²) in [6, 6.07) is 0. The van der Waals surface area contributed by atoms with Crippen LogP contribution in [0.5, 0.6) is 0 Å². The highest BCUT2D eigenvalue weighted by Gasteiger charge is 2.19. The molecule has 0 fully saturated rings. The third-order valence-corrected chi connectivity index (χ3v) is 9.51. The summed E-state index contributed by atoms with van der Waals surface area (Å²) < 4.78 is 16.6. The maximum Gasteiger partial charge on any atom is 0.306 e. The fourth-order valence-electron chi connectivity index (χ4n) is 5.99. The Morgan fingerprint density at radius 2 is 0.672 bits per heavy atom. The average molecular weight is 805 g/mol. The van der Waals surface area contributed by atoms with E-state index in [1.54, 1.807) is 0 Å². The molecule has 0 N–H and O–H groups in total. The predicted octanol–water partition coefficient (Wildman–Crippen LogP) is 15.0. The number of hydrogen-bond donors (Lipinski definition) is 0. The molecular weight excluding hydrogens is 721 g/mol. The van der Waals surface area contributed by atoms with E-state index in [2.05, 4.69) is 81.5 Å². The molecule has 0 radical (unpaired) electrons. The van der Waals surface area contributed by atoms with Gasteiger partial charge in [-0.2, -0.15) is 0 Å². The molecule has 0 aromatic carbocycles. The molecule has 328 valence electrons. The quantitative estimate of drug-likeness (QED) is 0.0266. The minimum Gasteiger partial charge on any atom is -0.462 e. The molecule has 0 saturated carbocycles. The van der Waals surface area contributed by atoms with Gasteiger partial charge in [0.05, 0.1) is 0 Å². The van der Waals surface area contributed by atoms with E-state index in [9.17, 15) is 14.4 Å². The van der Waals surface area contributed by atoms with Crippen molar-refractivity contribution in [2.75, 3.05) is 13.2 Å². The molecule has 6 nitrogen and oxygen atoms in total. The van der Waals surface area contributed by atoms with Gasteiger partial charge in [0.2, 0.25) is 0 Å². The molecule has 0 rings (SSSR count). The minimum absolute atomic E-state index is 0.102. The Bertz CT molecular complexity index is 1200. The van der Waals surface area contributed by atoms with Crippen molar-refractivity contribution in [3.63, 3.8) is 0 Å². The van der Waals surface area contributed by atoms with Crippen LogP contribution in [0.1, 0.15) is 194 Å². The highest BCUT2D eigenvalue weighted by atomic mass is 16.6. The van der Waals surface area contributed by atoms with E-state index in [4.69, 9.17) is 14.2 Å². The average Bonchev–Trinajstić information content (AvgIpc) is 3.22. The van der Waals surface area contributed by atoms with E-state index in [-0.39, 0.29) is 37.5 Å². The van der Waals surface area contributed by atoms with Crippen molar-refractivity contribution in [2.24, 2.45) is 0 Å². The molecule has 0 saturated heterocycles. The molecule has 0 heterocycles. The lowest BCUT2D eigenvalue weighted by molar-refractivity contribution is -0.167. The largest absolute Gasteiger partial charge is 0.462 e. The maximum atomic E-state index is 12.7. The highest BCUT2D eigenvalue weighted by molar-refractivity contribution is 5.71. The van der Waals surface area contributed by atoms with Crippen molar-refractivity contribution in [3.8, 4) is 0 Å². The lowest BCUT2D eigenvalue weighted by atomic mass is 10.1. The molecule has 0 amide bonds. The summed E-state index contributed by atoms with van der Waals surface area (Å²) in [6.07, 6.45) is 59.6. The second-order valence-corrected chi connectivity index (χ2v) is 15.1. The molecule has 1 atom stereocenters. The van der Waals surface area contributed by atoms with Crippen molar-refractivity contribution in [3.05, 3.63) is 97.2 Å². The fourth-order valence-corrected chi connectivity index (χ4v) is 5.99. The van der Waals surface area contributed by atoms with Gasteiger partial charge in [-0.1, -0.05) is 208 Å². The lowest BCUT2D eigenvalue weighted by Gasteiger charge is -2.18. The van der Waals surface area contributed by atoms with Crippen LogP contribution in [0.3, 0.4) is 0 Å². The van der Waals surface area contributed by atoms with Gasteiger partial charge in [0.25, 0.3) is 0 Å². The van der Waals surface area contributed by atoms with Gasteiger partial charge in [0, 0.05) is 19.3 Å². The Morgan fingerprint density at radius 1 is 0.362 bits per heavy atom. The van der Waals surface area contributed by atoms with Crippen molar-refractivity contribution in [1.29, 1.82) is 0 Å². The zero-order valence-corrected chi connectivity index (χ0v) is 37.3. The van der Waals surface area contributed by atoms with Crippen LogP contribution in [0.4, 0.5) is 0 Å². The van der Waals surface area contributed by atoms with Crippen LogP contribution in [0.25, 0.3) is 0 Å². The summed E-state index contributed by atoms with van der Waals surface area (Å²) in [4.78, 5) is 37.7. The second-order valence-electron chi connectivity index (χ2n) is 15.1. The SMILES string of the molecule is CC\C=C/C=C\C=C/C=C\CCCCCC(=O)OC(COC(=O)CCCCCCC\C=C/C=C\C=C/C=C\CCCCC)COC(=O)CCCCCCCCCCC. The first-order valence-electron chi connectivity index (χ1n) is 23.3.